The van der Waals surface area contributed by atoms with Crippen LogP contribution in [0.4, 0.5) is 0 Å². The maximum Gasteiger partial charge on any atom is 0.315 e. The van der Waals surface area contributed by atoms with Crippen LogP contribution in [0, 0.1) is 50.2 Å². The van der Waals surface area contributed by atoms with Crippen LogP contribution in [-0.2, 0) is 61.6 Å². The summed E-state index contributed by atoms with van der Waals surface area (Å²) in [5.74, 6) is -0.643. The zero-order valence-corrected chi connectivity index (χ0v) is 55.6. The number of carbonyl (C=O) groups excluding carboxylic acids is 1. The molecule has 0 aromatic carbocycles. The molecule has 10 fully saturated rings. The second-order valence-corrected chi connectivity index (χ2v) is 31.5. The average molecular weight is 1380 g/mol. The van der Waals surface area contributed by atoms with Crippen LogP contribution >= 0.6 is 0 Å². The summed E-state index contributed by atoms with van der Waals surface area (Å²) in [7, 11) is 0. The number of aliphatic hydroxyl groups excluding tert-OH is 18. The van der Waals surface area contributed by atoms with Crippen LogP contribution in [0.5, 0.6) is 0 Å². The molecule has 11 rings (SSSR count). The second-order valence-electron chi connectivity index (χ2n) is 31.5. The van der Waals surface area contributed by atoms with Gasteiger partial charge in [0.1, 0.15) is 134 Å². The Balaban J connectivity index is 0.740. The normalized spacial score (nSPS) is 54.1. The van der Waals surface area contributed by atoms with Gasteiger partial charge in [-0.05, 0) is 116 Å². The van der Waals surface area contributed by atoms with Crippen molar-refractivity contribution in [3.63, 3.8) is 0 Å². The molecule has 552 valence electrons. The molecule has 0 spiro atoms. The minimum Gasteiger partial charge on any atom is -0.432 e. The first kappa shape index (κ1) is 75.2. The van der Waals surface area contributed by atoms with Gasteiger partial charge >= 0.3 is 5.97 Å². The van der Waals surface area contributed by atoms with Crippen molar-refractivity contribution in [1.82, 2.24) is 0 Å². The van der Waals surface area contributed by atoms with E-state index in [0.29, 0.717) is 44.9 Å². The lowest BCUT2D eigenvalue weighted by atomic mass is 9.33. The fraction of sp³-hybridized carbons (Fsp3) is 0.954. The monoisotopic (exact) mass is 1380 g/mol. The summed E-state index contributed by atoms with van der Waals surface area (Å²) in [6.45, 7) is 13.8. The van der Waals surface area contributed by atoms with E-state index >= 15 is 4.79 Å². The Bertz CT molecular complexity index is 2690. The third-order valence-corrected chi connectivity index (χ3v) is 25.2. The van der Waals surface area contributed by atoms with Gasteiger partial charge in [0.05, 0.1) is 50.7 Å². The van der Waals surface area contributed by atoms with Crippen molar-refractivity contribution in [2.45, 2.75) is 304 Å². The van der Waals surface area contributed by atoms with Gasteiger partial charge in [-0.3, -0.25) is 4.79 Å². The second kappa shape index (κ2) is 28.3. The topological polar surface area (TPSA) is 492 Å². The summed E-state index contributed by atoms with van der Waals surface area (Å²) in [5, 5.41) is 194. The number of hydrogen-bond acceptors (Lipinski definition) is 31. The van der Waals surface area contributed by atoms with Gasteiger partial charge in [-0.15, -0.1) is 0 Å². The number of aliphatic hydroxyl groups is 18. The van der Waals surface area contributed by atoms with Gasteiger partial charge in [-0.1, -0.05) is 60.1 Å². The van der Waals surface area contributed by atoms with Gasteiger partial charge in [-0.25, -0.2) is 0 Å². The highest BCUT2D eigenvalue weighted by molar-refractivity contribution is 5.79. The molecule has 4 saturated carbocycles. The molecule has 5 aliphatic carbocycles. The molecule has 6 heterocycles. The molecule has 0 radical (unpaired) electrons. The molecule has 37 atom stereocenters. The Labute approximate surface area is 556 Å². The zero-order valence-electron chi connectivity index (χ0n) is 55.6. The minimum absolute atomic E-state index is 0.0994. The molecule has 0 unspecified atom stereocenters. The van der Waals surface area contributed by atoms with E-state index in [2.05, 4.69) is 54.5 Å². The quantitative estimate of drug-likeness (QED) is 0.0392. The lowest BCUT2D eigenvalue weighted by Crippen LogP contribution is -2.66. The molecule has 0 amide bonds. The van der Waals surface area contributed by atoms with Gasteiger partial charge < -0.3 is 149 Å². The van der Waals surface area contributed by atoms with Crippen LogP contribution < -0.4 is 0 Å². The van der Waals surface area contributed by atoms with E-state index in [-0.39, 0.29) is 46.0 Å². The summed E-state index contributed by atoms with van der Waals surface area (Å²) >= 11 is 0. The Morgan fingerprint density at radius 3 is 1.61 bits per heavy atom. The van der Waals surface area contributed by atoms with Crippen molar-refractivity contribution in [3.8, 4) is 0 Å². The van der Waals surface area contributed by atoms with Crippen molar-refractivity contribution in [2.24, 2.45) is 50.2 Å². The maximum atomic E-state index is 15.3. The molecular formula is C65H106O31. The fourth-order valence-corrected chi connectivity index (χ4v) is 19.1. The Morgan fingerprint density at radius 2 is 1.00 bits per heavy atom. The molecule has 31 nitrogen and oxygen atoms in total. The first-order valence-corrected chi connectivity index (χ1v) is 34.1. The van der Waals surface area contributed by atoms with Gasteiger partial charge in [0.2, 0.25) is 6.29 Å². The molecule has 6 saturated heterocycles. The maximum absolute atomic E-state index is 15.3. The van der Waals surface area contributed by atoms with E-state index in [1.165, 1.54) is 12.5 Å². The summed E-state index contributed by atoms with van der Waals surface area (Å²) < 4.78 is 70.7. The highest BCUT2D eigenvalue weighted by Gasteiger charge is 2.71. The standard InChI is InChI=1S/C65H106O31/c1-25-36(70)39(73)44(78)55(87-25)94-51-30(21-67)89-53(47(81)42(51)76)86-24-32-38(72)41(75)46(80)58(91-32)96-59(84)65-17-15-60(2,3)19-27(65)26-9-10-34-62(6)13-12-35(61(4,5)33(62)11-14-64(34,8)63(26,7)16-18-65)92-54-49(83)50(28(69)23-85-54)93-57-48(82)43(77)52(31(22-68)90-57)95-56-45(79)40(74)37(71)29(20-66)88-56/h9,25,27-58,66-83H,10-24H2,1-8H3/t25-,27-,28-,29+,30+,31+,32+,33-,34+,35-,36-,37+,38+,39+,40-,41-,42+,43+,44+,45+,46+,47+,48+,49+,50-,51+,52+,53+,54+,55-,56-,57-,58-,62-,63+,64+,65-/m0/s1. The van der Waals surface area contributed by atoms with Crippen molar-refractivity contribution >= 4 is 5.97 Å². The molecule has 0 aromatic heterocycles. The zero-order chi connectivity index (χ0) is 70.0. The van der Waals surface area contributed by atoms with E-state index < -0.39 is 227 Å². The smallest absolute Gasteiger partial charge is 0.315 e. The third kappa shape index (κ3) is 12.9. The van der Waals surface area contributed by atoms with Gasteiger partial charge in [0.15, 0.2) is 31.5 Å². The molecule has 18 N–H and O–H groups in total. The molecule has 11 aliphatic rings. The number of fused-ring (bicyclic) bond motifs is 7. The van der Waals surface area contributed by atoms with E-state index in [1.807, 2.05) is 0 Å². The summed E-state index contributed by atoms with van der Waals surface area (Å²) in [6.07, 6.45) is -39.7. The number of carbonyl (C=O) groups is 1. The highest BCUT2D eigenvalue weighted by Crippen LogP contribution is 2.76. The van der Waals surface area contributed by atoms with E-state index in [4.69, 9.17) is 56.8 Å². The number of allylic oxidation sites excluding steroid dienone is 2. The summed E-state index contributed by atoms with van der Waals surface area (Å²) in [6, 6.07) is 0. The first-order chi connectivity index (χ1) is 45.0. The predicted molar refractivity (Wildman–Crippen MR) is 321 cm³/mol. The number of ether oxygens (including phenoxy) is 12. The SMILES string of the molecule is C[C@@H]1O[C@@H](O[C@H]2[C@H](O)[C@@H](O)[C@H](OC[C@H]3O[C@@H](OC(=O)[C@]45CCC(C)(C)C[C@H]4C4=CC[C@@H]6[C@@]7(C)CC[C@H](O[C@H]8OC[C@H](O)[C@H](O[C@@H]9O[C@H](CO)[C@@H](O[C@@H]%10O[C@H](CO)[C@@H](O)[C@H](O)[C@H]%10O)[C@H](O)[C@H]9O)[C@H]8O)C(C)(C)[C@@H]7CC[C@@]6(C)[C@]4(C)CC5)[C@H](O)[C@@H](O)[C@@H]3O)O[C@@H]2CO)[C@H](O)[C@H](O)[C@H]1O. The molecule has 6 aliphatic heterocycles. The molecule has 0 bridgehead atoms. The highest BCUT2D eigenvalue weighted by atomic mass is 16.8. The molecular weight excluding hydrogens is 1280 g/mol. The molecule has 0 aromatic rings. The van der Waals surface area contributed by atoms with Crippen molar-refractivity contribution < 1.29 is 154 Å². The largest absolute Gasteiger partial charge is 0.432 e. The van der Waals surface area contributed by atoms with Crippen LogP contribution in [0.15, 0.2) is 11.6 Å². The minimum atomic E-state index is -1.94. The van der Waals surface area contributed by atoms with Crippen LogP contribution in [0.2, 0.25) is 0 Å². The predicted octanol–water partition coefficient (Wildman–Crippen LogP) is -4.72. The van der Waals surface area contributed by atoms with Gasteiger partial charge in [0.25, 0.3) is 0 Å². The first-order valence-electron chi connectivity index (χ1n) is 34.1. The van der Waals surface area contributed by atoms with Gasteiger partial charge in [0, 0.05) is 0 Å². The Kier molecular flexibility index (Phi) is 22.1. The summed E-state index contributed by atoms with van der Waals surface area (Å²) in [4.78, 5) is 15.3. The van der Waals surface area contributed by atoms with Crippen molar-refractivity contribution in [3.05, 3.63) is 11.6 Å². The van der Waals surface area contributed by atoms with E-state index in [0.717, 1.165) is 19.3 Å². The lowest BCUT2D eigenvalue weighted by Gasteiger charge is -2.71. The molecule has 96 heavy (non-hydrogen) atoms. The van der Waals surface area contributed by atoms with E-state index in [9.17, 15) is 91.9 Å². The lowest BCUT2D eigenvalue weighted by molar-refractivity contribution is -0.377. The van der Waals surface area contributed by atoms with Crippen LogP contribution in [0.1, 0.15) is 120 Å². The van der Waals surface area contributed by atoms with E-state index in [1.54, 1.807) is 0 Å². The average Bonchev–Trinajstić information content (AvgIpc) is 0.676. The summed E-state index contributed by atoms with van der Waals surface area (Å²) in [5.41, 5.74) is -1.48. The van der Waals surface area contributed by atoms with Crippen molar-refractivity contribution in [2.75, 3.05) is 33.0 Å². The molecule has 31 heteroatoms. The van der Waals surface area contributed by atoms with Crippen molar-refractivity contribution in [1.29, 1.82) is 0 Å². The third-order valence-electron chi connectivity index (χ3n) is 25.2. The van der Waals surface area contributed by atoms with Crippen LogP contribution in [-0.4, -0.2) is 315 Å². The number of rotatable bonds is 16. The number of esters is 1. The Hall–Kier alpha value is -1.95. The fourth-order valence-electron chi connectivity index (χ4n) is 19.1. The Morgan fingerprint density at radius 1 is 0.490 bits per heavy atom. The van der Waals surface area contributed by atoms with Crippen LogP contribution in [0.25, 0.3) is 0 Å². The van der Waals surface area contributed by atoms with Crippen LogP contribution in [0.3, 0.4) is 0 Å². The number of hydrogen-bond donors (Lipinski definition) is 18. The van der Waals surface area contributed by atoms with Gasteiger partial charge in [-0.2, -0.15) is 0 Å².